The van der Waals surface area contributed by atoms with Gasteiger partial charge in [0.25, 0.3) is 0 Å². The van der Waals surface area contributed by atoms with Crippen molar-refractivity contribution in [3.8, 4) is 0 Å². The molecule has 1 rings (SSSR count). The first kappa shape index (κ1) is 25.3. The molecule has 1 aliphatic rings. The fourth-order valence-corrected chi connectivity index (χ4v) is 3.14. The molecule has 0 spiro atoms. The highest BCUT2D eigenvalue weighted by molar-refractivity contribution is 5.96. The fourth-order valence-electron chi connectivity index (χ4n) is 3.14. The number of carboxylic acids is 1. The van der Waals surface area contributed by atoms with E-state index in [1.54, 1.807) is 27.7 Å². The van der Waals surface area contributed by atoms with Crippen LogP contribution in [0.5, 0.6) is 0 Å². The number of aliphatic carboxylic acids is 1. The molecule has 11 heteroatoms. The van der Waals surface area contributed by atoms with Crippen molar-refractivity contribution in [2.75, 3.05) is 6.54 Å². The van der Waals surface area contributed by atoms with Crippen LogP contribution >= 0.6 is 0 Å². The number of nitrogens with one attached hydrogen (secondary N) is 4. The Hall–Kier alpha value is -2.69. The van der Waals surface area contributed by atoms with Gasteiger partial charge in [-0.3, -0.25) is 19.2 Å². The van der Waals surface area contributed by atoms with Crippen molar-refractivity contribution < 1.29 is 29.1 Å². The molecule has 4 atom stereocenters. The van der Waals surface area contributed by atoms with Crippen LogP contribution in [0.15, 0.2) is 0 Å². The summed E-state index contributed by atoms with van der Waals surface area (Å²) < 4.78 is 0. The Morgan fingerprint density at radius 2 is 1.57 bits per heavy atom. The lowest BCUT2D eigenvalue weighted by Crippen LogP contribution is -2.59. The highest BCUT2D eigenvalue weighted by Crippen LogP contribution is 2.09. The smallest absolute Gasteiger partial charge is 0.326 e. The molecule has 4 amide bonds. The molecule has 0 bridgehead atoms. The summed E-state index contributed by atoms with van der Waals surface area (Å²) in [6.07, 6.45) is 1.01. The first-order valence-corrected chi connectivity index (χ1v) is 10.1. The standard InChI is InChI=1S/C19H33N5O6/c1-9(2)14(23-16(26)11-6-5-7-21-11)18(28)22-12(8-13(20)25)17(27)24-15(10(3)4)19(29)30/h9-12,14-15,21H,5-8H2,1-4H3,(H2,20,25)(H,22,28)(H,23,26)(H,24,27)(H,29,30). The van der Waals surface area contributed by atoms with Crippen LogP contribution in [0.4, 0.5) is 0 Å². The normalized spacial score (nSPS) is 19.1. The largest absolute Gasteiger partial charge is 0.480 e. The van der Waals surface area contributed by atoms with Gasteiger partial charge in [0.2, 0.25) is 23.6 Å². The second-order valence-electron chi connectivity index (χ2n) is 8.18. The molecule has 1 fully saturated rings. The van der Waals surface area contributed by atoms with Crippen LogP contribution in [0.3, 0.4) is 0 Å². The minimum atomic E-state index is -1.36. The van der Waals surface area contributed by atoms with Crippen LogP contribution in [0.25, 0.3) is 0 Å². The van der Waals surface area contributed by atoms with E-state index in [2.05, 4.69) is 21.3 Å². The molecule has 7 N–H and O–H groups in total. The molecule has 4 unspecified atom stereocenters. The van der Waals surface area contributed by atoms with Crippen molar-refractivity contribution in [3.63, 3.8) is 0 Å². The van der Waals surface area contributed by atoms with Crippen LogP contribution in [-0.2, 0) is 24.0 Å². The van der Waals surface area contributed by atoms with Gasteiger partial charge in [-0.15, -0.1) is 0 Å². The minimum Gasteiger partial charge on any atom is -0.480 e. The van der Waals surface area contributed by atoms with Crippen molar-refractivity contribution >= 4 is 29.6 Å². The summed E-state index contributed by atoms with van der Waals surface area (Å²) in [6, 6.07) is -3.88. The fraction of sp³-hybridized carbons (Fsp3) is 0.737. The van der Waals surface area contributed by atoms with E-state index < -0.39 is 54.2 Å². The second-order valence-corrected chi connectivity index (χ2v) is 8.18. The first-order valence-electron chi connectivity index (χ1n) is 10.1. The molecule has 0 aromatic heterocycles. The molecule has 1 heterocycles. The Bertz CT molecular complexity index is 660. The molecule has 0 aromatic carbocycles. The Morgan fingerprint density at radius 3 is 2.00 bits per heavy atom. The number of rotatable bonds is 11. The van der Waals surface area contributed by atoms with Crippen molar-refractivity contribution in [2.24, 2.45) is 17.6 Å². The molecular formula is C19H33N5O6. The Labute approximate surface area is 175 Å². The predicted octanol–water partition coefficient (Wildman–Crippen LogP) is -1.54. The number of carbonyl (C=O) groups is 5. The maximum atomic E-state index is 12.8. The van der Waals surface area contributed by atoms with Gasteiger partial charge in [0.15, 0.2) is 0 Å². The zero-order valence-corrected chi connectivity index (χ0v) is 17.9. The highest BCUT2D eigenvalue weighted by Gasteiger charge is 2.33. The van der Waals surface area contributed by atoms with E-state index in [4.69, 9.17) is 5.73 Å². The molecule has 0 saturated carbocycles. The lowest BCUT2D eigenvalue weighted by molar-refractivity contribution is -0.143. The number of hydrogen-bond donors (Lipinski definition) is 6. The third-order valence-electron chi connectivity index (χ3n) is 4.89. The number of primary amides is 1. The molecule has 30 heavy (non-hydrogen) atoms. The van der Waals surface area contributed by atoms with Crippen molar-refractivity contribution in [2.45, 2.75) is 71.1 Å². The van der Waals surface area contributed by atoms with Crippen molar-refractivity contribution in [1.29, 1.82) is 0 Å². The van der Waals surface area contributed by atoms with Crippen LogP contribution < -0.4 is 27.0 Å². The van der Waals surface area contributed by atoms with Gasteiger partial charge in [0, 0.05) is 0 Å². The number of carboxylic acid groups (broad SMARTS) is 1. The molecule has 0 aliphatic carbocycles. The summed E-state index contributed by atoms with van der Waals surface area (Å²) in [6.45, 7) is 7.41. The maximum Gasteiger partial charge on any atom is 0.326 e. The molecule has 0 radical (unpaired) electrons. The van der Waals surface area contributed by atoms with E-state index >= 15 is 0 Å². The average molecular weight is 428 g/mol. The monoisotopic (exact) mass is 427 g/mol. The predicted molar refractivity (Wildman–Crippen MR) is 108 cm³/mol. The van der Waals surface area contributed by atoms with Gasteiger partial charge in [0.1, 0.15) is 18.1 Å². The van der Waals surface area contributed by atoms with Gasteiger partial charge in [-0.05, 0) is 31.2 Å². The second kappa shape index (κ2) is 11.5. The SMILES string of the molecule is CC(C)C(NC(=O)C(CC(N)=O)NC(=O)C(NC(=O)C1CCCN1)C(C)C)C(=O)O. The third-order valence-corrected chi connectivity index (χ3v) is 4.89. The topological polar surface area (TPSA) is 180 Å². The first-order chi connectivity index (χ1) is 13.9. The molecule has 1 saturated heterocycles. The zero-order valence-electron chi connectivity index (χ0n) is 17.9. The van der Waals surface area contributed by atoms with Gasteiger partial charge in [-0.2, -0.15) is 0 Å². The molecule has 11 nitrogen and oxygen atoms in total. The Kier molecular flexibility index (Phi) is 9.70. The van der Waals surface area contributed by atoms with Gasteiger partial charge in [-0.1, -0.05) is 27.7 Å². The third kappa shape index (κ3) is 7.62. The number of hydrogen-bond acceptors (Lipinski definition) is 6. The lowest BCUT2D eigenvalue weighted by Gasteiger charge is -2.27. The minimum absolute atomic E-state index is 0.296. The van der Waals surface area contributed by atoms with Gasteiger partial charge in [0.05, 0.1) is 12.5 Å². The van der Waals surface area contributed by atoms with Crippen LogP contribution in [-0.4, -0.2) is 65.4 Å². The maximum absolute atomic E-state index is 12.8. The van der Waals surface area contributed by atoms with E-state index in [0.29, 0.717) is 6.42 Å². The Balaban J connectivity index is 2.90. The quantitative estimate of drug-likeness (QED) is 0.231. The van der Waals surface area contributed by atoms with Gasteiger partial charge < -0.3 is 32.1 Å². The van der Waals surface area contributed by atoms with E-state index in [1.165, 1.54) is 0 Å². The van der Waals surface area contributed by atoms with E-state index in [1.807, 2.05) is 0 Å². The van der Waals surface area contributed by atoms with E-state index in [-0.39, 0.29) is 17.9 Å². The number of nitrogens with two attached hydrogens (primary N) is 1. The summed E-state index contributed by atoms with van der Waals surface area (Å²) in [4.78, 5) is 60.5. The summed E-state index contributed by atoms with van der Waals surface area (Å²) in [5.74, 6) is -4.61. The highest BCUT2D eigenvalue weighted by atomic mass is 16.4. The molecule has 170 valence electrons. The van der Waals surface area contributed by atoms with Crippen LogP contribution in [0.2, 0.25) is 0 Å². The summed E-state index contributed by atoms with van der Waals surface area (Å²) in [5.41, 5.74) is 5.19. The average Bonchev–Trinajstić information content (AvgIpc) is 3.16. The lowest BCUT2D eigenvalue weighted by atomic mass is 10.0. The number of carbonyl (C=O) groups excluding carboxylic acids is 4. The van der Waals surface area contributed by atoms with Gasteiger partial charge >= 0.3 is 5.97 Å². The molecule has 0 aromatic rings. The van der Waals surface area contributed by atoms with Crippen molar-refractivity contribution in [1.82, 2.24) is 21.3 Å². The van der Waals surface area contributed by atoms with Crippen LogP contribution in [0, 0.1) is 11.8 Å². The van der Waals surface area contributed by atoms with Crippen LogP contribution in [0.1, 0.15) is 47.0 Å². The molecule has 1 aliphatic heterocycles. The zero-order chi connectivity index (χ0) is 23.0. The van der Waals surface area contributed by atoms with Gasteiger partial charge in [-0.25, -0.2) is 4.79 Å². The summed E-state index contributed by atoms with van der Waals surface area (Å²) in [7, 11) is 0. The van der Waals surface area contributed by atoms with Crippen molar-refractivity contribution in [3.05, 3.63) is 0 Å². The number of amides is 4. The Morgan fingerprint density at radius 1 is 0.967 bits per heavy atom. The summed E-state index contributed by atoms with van der Waals surface area (Å²) in [5, 5.41) is 19.7. The van der Waals surface area contributed by atoms with E-state index in [0.717, 1.165) is 13.0 Å². The summed E-state index contributed by atoms with van der Waals surface area (Å²) >= 11 is 0. The molecular weight excluding hydrogens is 394 g/mol. The van der Waals surface area contributed by atoms with E-state index in [9.17, 15) is 29.1 Å².